The van der Waals surface area contributed by atoms with Crippen molar-refractivity contribution in [2.75, 3.05) is 0 Å². The Morgan fingerprint density at radius 3 is 2.14 bits per heavy atom. The van der Waals surface area contributed by atoms with Crippen molar-refractivity contribution in [2.45, 2.75) is 70.6 Å². The van der Waals surface area contributed by atoms with Crippen LogP contribution in [0.15, 0.2) is 17.0 Å². The van der Waals surface area contributed by atoms with Crippen LogP contribution in [-0.2, 0) is 16.5 Å². The Morgan fingerprint density at radius 1 is 1.00 bits per heavy atom. The van der Waals surface area contributed by atoms with Crippen molar-refractivity contribution in [1.29, 1.82) is 0 Å². The number of hydrogen-bond acceptors (Lipinski definition) is 3. The summed E-state index contributed by atoms with van der Waals surface area (Å²) in [6, 6.07) is 3.17. The molecule has 0 unspecified atom stereocenters. The largest absolute Gasteiger partial charge is 1.00 e. The van der Waals surface area contributed by atoms with Gasteiger partial charge in [-0.15, -0.1) is 0 Å². The fraction of sp³-hybridized carbons (Fsp3) is 0.625. The summed E-state index contributed by atoms with van der Waals surface area (Å²) in [5, 5.41) is 0. The molecule has 0 aliphatic carbocycles. The molecule has 0 fully saturated rings. The first kappa shape index (κ1) is 21.1. The van der Waals surface area contributed by atoms with Gasteiger partial charge in [0.25, 0.3) is 0 Å². The van der Waals surface area contributed by atoms with Gasteiger partial charge >= 0.3 is 29.6 Å². The Bertz CT molecular complexity index is 539. The van der Waals surface area contributed by atoms with Gasteiger partial charge in [0.05, 0.1) is 4.90 Å². The maximum Gasteiger partial charge on any atom is 1.00 e. The predicted molar refractivity (Wildman–Crippen MR) is 81.0 cm³/mol. The van der Waals surface area contributed by atoms with Crippen molar-refractivity contribution in [2.24, 2.45) is 0 Å². The molecular formula is C16H25NaO3S. The number of rotatable bonds is 8. The molecule has 0 saturated heterocycles. The van der Waals surface area contributed by atoms with E-state index in [1.807, 2.05) is 13.8 Å². The number of aryl methyl sites for hydroxylation is 1. The molecule has 0 saturated carbocycles. The molecule has 0 bridgehead atoms. The molecule has 0 radical (unpaired) electrons. The van der Waals surface area contributed by atoms with E-state index in [1.54, 1.807) is 6.07 Å². The summed E-state index contributed by atoms with van der Waals surface area (Å²) >= 11 is 0. The molecule has 114 valence electrons. The fourth-order valence-corrected chi connectivity index (χ4v) is 3.27. The zero-order chi connectivity index (χ0) is 15.2. The molecule has 3 nitrogen and oxygen atoms in total. The second-order valence-corrected chi connectivity index (χ2v) is 6.80. The number of hydrogen-bond donors (Lipinski definition) is 0. The Hall–Kier alpha value is 0.130. The Morgan fingerprint density at radius 2 is 1.57 bits per heavy atom. The third-order valence-corrected chi connectivity index (χ3v) is 4.80. The minimum Gasteiger partial charge on any atom is -0.744 e. The van der Waals surface area contributed by atoms with Crippen LogP contribution in [0, 0.1) is 13.8 Å². The van der Waals surface area contributed by atoms with E-state index in [2.05, 4.69) is 6.92 Å². The first-order valence-corrected chi connectivity index (χ1v) is 8.83. The molecule has 0 heterocycles. The number of unbranched alkanes of at least 4 members (excludes halogenated alkanes) is 5. The van der Waals surface area contributed by atoms with Crippen LogP contribution in [0.2, 0.25) is 0 Å². The van der Waals surface area contributed by atoms with E-state index in [0.29, 0.717) is 6.42 Å². The summed E-state index contributed by atoms with van der Waals surface area (Å²) in [6.45, 7) is 6.03. The molecular weight excluding hydrogens is 295 g/mol. The third-order valence-electron chi connectivity index (χ3n) is 3.88. The van der Waals surface area contributed by atoms with Crippen LogP contribution >= 0.6 is 0 Å². The summed E-state index contributed by atoms with van der Waals surface area (Å²) in [5.74, 6) is 0. The molecule has 0 aromatic heterocycles. The van der Waals surface area contributed by atoms with Crippen molar-refractivity contribution in [3.63, 3.8) is 0 Å². The molecule has 0 aliphatic rings. The van der Waals surface area contributed by atoms with E-state index in [9.17, 15) is 13.0 Å². The van der Waals surface area contributed by atoms with Gasteiger partial charge in [-0.25, -0.2) is 8.42 Å². The summed E-state index contributed by atoms with van der Waals surface area (Å²) in [6.07, 6.45) is 7.59. The monoisotopic (exact) mass is 320 g/mol. The van der Waals surface area contributed by atoms with E-state index in [-0.39, 0.29) is 34.5 Å². The maximum absolute atomic E-state index is 11.3. The van der Waals surface area contributed by atoms with E-state index in [0.717, 1.165) is 29.5 Å². The van der Waals surface area contributed by atoms with Gasteiger partial charge in [-0.1, -0.05) is 45.1 Å². The average Bonchev–Trinajstić information content (AvgIpc) is 2.37. The van der Waals surface area contributed by atoms with Gasteiger partial charge in [0, 0.05) is 0 Å². The van der Waals surface area contributed by atoms with Crippen LogP contribution < -0.4 is 29.6 Å². The van der Waals surface area contributed by atoms with Crippen molar-refractivity contribution in [3.05, 3.63) is 28.8 Å². The molecule has 0 spiro atoms. The molecule has 1 aromatic carbocycles. The second-order valence-electron chi connectivity index (χ2n) is 5.46. The van der Waals surface area contributed by atoms with Gasteiger partial charge in [-0.3, -0.25) is 0 Å². The Balaban J connectivity index is 0.00000400. The molecule has 21 heavy (non-hydrogen) atoms. The van der Waals surface area contributed by atoms with Crippen molar-refractivity contribution >= 4 is 10.1 Å². The van der Waals surface area contributed by atoms with Crippen molar-refractivity contribution in [3.8, 4) is 0 Å². The van der Waals surface area contributed by atoms with Gasteiger partial charge in [0.2, 0.25) is 0 Å². The summed E-state index contributed by atoms with van der Waals surface area (Å²) in [7, 11) is -4.37. The van der Waals surface area contributed by atoms with Gasteiger partial charge in [0.1, 0.15) is 10.1 Å². The van der Waals surface area contributed by atoms with E-state index >= 15 is 0 Å². The van der Waals surface area contributed by atoms with Crippen molar-refractivity contribution in [1.82, 2.24) is 0 Å². The van der Waals surface area contributed by atoms with Gasteiger partial charge in [-0.2, -0.15) is 0 Å². The van der Waals surface area contributed by atoms with Crippen LogP contribution in [0.25, 0.3) is 0 Å². The molecule has 0 aliphatic heterocycles. The van der Waals surface area contributed by atoms with Crippen LogP contribution in [0.4, 0.5) is 0 Å². The number of benzene rings is 1. The molecule has 0 N–H and O–H groups in total. The van der Waals surface area contributed by atoms with Gasteiger partial charge in [0.15, 0.2) is 0 Å². The first-order chi connectivity index (χ1) is 9.38. The zero-order valence-electron chi connectivity index (χ0n) is 13.7. The van der Waals surface area contributed by atoms with E-state index < -0.39 is 10.1 Å². The fourth-order valence-electron chi connectivity index (χ4n) is 2.48. The van der Waals surface area contributed by atoms with Crippen LogP contribution in [0.3, 0.4) is 0 Å². The summed E-state index contributed by atoms with van der Waals surface area (Å²) in [4.78, 5) is -0.0332. The summed E-state index contributed by atoms with van der Waals surface area (Å²) < 4.78 is 34.0. The van der Waals surface area contributed by atoms with Crippen LogP contribution in [-0.4, -0.2) is 13.0 Å². The maximum atomic E-state index is 11.3. The standard InChI is InChI=1S/C16H26O3S.Na/c1-4-5-6-7-8-9-10-15-14(3)13(2)11-12-16(15)20(17,18)19;/h11-12H,4-10H2,1-3H3,(H,17,18,19);/q;+1/p-1. The molecule has 0 atom stereocenters. The summed E-state index contributed by atoms with van der Waals surface area (Å²) in [5.41, 5.74) is 2.70. The van der Waals surface area contributed by atoms with E-state index in [4.69, 9.17) is 0 Å². The second kappa shape index (κ2) is 10.0. The van der Waals surface area contributed by atoms with Crippen LogP contribution in [0.1, 0.15) is 62.1 Å². The Labute approximate surface area is 151 Å². The topological polar surface area (TPSA) is 57.2 Å². The third kappa shape index (κ3) is 6.83. The molecule has 1 aromatic rings. The first-order valence-electron chi connectivity index (χ1n) is 7.43. The van der Waals surface area contributed by atoms with Crippen LogP contribution in [0.5, 0.6) is 0 Å². The minimum absolute atomic E-state index is 0. The zero-order valence-corrected chi connectivity index (χ0v) is 16.6. The van der Waals surface area contributed by atoms with Gasteiger partial charge < -0.3 is 4.55 Å². The molecule has 0 amide bonds. The normalized spacial score (nSPS) is 11.2. The Kier molecular flexibility index (Phi) is 10.1. The molecule has 1 rings (SSSR count). The average molecular weight is 320 g/mol. The SMILES string of the molecule is CCCCCCCCc1c(S(=O)(=O)[O-])ccc(C)c1C.[Na+]. The smallest absolute Gasteiger partial charge is 0.744 e. The van der Waals surface area contributed by atoms with E-state index in [1.165, 1.54) is 31.7 Å². The minimum atomic E-state index is -4.37. The predicted octanol–water partition coefficient (Wildman–Crippen LogP) is 1.11. The quantitative estimate of drug-likeness (QED) is 0.410. The van der Waals surface area contributed by atoms with Gasteiger partial charge in [-0.05, 0) is 49.4 Å². The molecule has 5 heteroatoms. The van der Waals surface area contributed by atoms with Crippen molar-refractivity contribution < 1.29 is 42.5 Å².